The molecule has 11 heteroatoms. The fourth-order valence-corrected chi connectivity index (χ4v) is 7.88. The van der Waals surface area contributed by atoms with Gasteiger partial charge in [-0.05, 0) is 69.0 Å². The van der Waals surface area contributed by atoms with Gasteiger partial charge in [-0.2, -0.15) is 0 Å². The number of likely N-dealkylation sites (tertiary alicyclic amines) is 1. The van der Waals surface area contributed by atoms with Crippen LogP contribution < -0.4 is 10.6 Å². The summed E-state index contributed by atoms with van der Waals surface area (Å²) in [6, 6.07) is 8.75. The number of nitrogens with one attached hydrogen (secondary N) is 2. The van der Waals surface area contributed by atoms with E-state index in [4.69, 9.17) is 4.74 Å². The lowest BCUT2D eigenvalue weighted by Crippen LogP contribution is -2.58. The first-order chi connectivity index (χ1) is 24.4. The molecule has 2 heterocycles. The van der Waals surface area contributed by atoms with Crippen molar-refractivity contribution in [1.29, 1.82) is 0 Å². The van der Waals surface area contributed by atoms with Crippen LogP contribution >= 0.6 is 11.3 Å². The number of esters is 1. The molecule has 2 N–H and O–H groups in total. The zero-order chi connectivity index (χ0) is 37.5. The highest BCUT2D eigenvalue weighted by atomic mass is 32.1. The van der Waals surface area contributed by atoms with Crippen molar-refractivity contribution in [3.8, 4) is 0 Å². The molecule has 1 aromatic heterocycles. The number of unbranched alkanes of at least 4 members (excludes halogenated alkanes) is 1. The fourth-order valence-electron chi connectivity index (χ4n) is 7.08. The van der Waals surface area contributed by atoms with Crippen molar-refractivity contribution in [2.75, 3.05) is 27.2 Å². The van der Waals surface area contributed by atoms with Gasteiger partial charge < -0.3 is 20.3 Å². The maximum atomic E-state index is 14.1. The lowest BCUT2D eigenvalue weighted by molar-refractivity contribution is -0.145. The van der Waals surface area contributed by atoms with Crippen LogP contribution in [0, 0.1) is 17.8 Å². The Bertz CT molecular complexity index is 1380. The number of hydrogen-bond acceptors (Lipinski definition) is 8. The smallest absolute Gasteiger partial charge is 0.308 e. The minimum atomic E-state index is -0.593. The number of thiazole rings is 1. The average Bonchev–Trinajstić information content (AvgIpc) is 3.61. The summed E-state index contributed by atoms with van der Waals surface area (Å²) in [7, 11) is 3.23. The molecule has 10 nitrogen and oxygen atoms in total. The van der Waals surface area contributed by atoms with E-state index in [9.17, 15) is 19.2 Å². The molecule has 0 aliphatic carbocycles. The summed E-state index contributed by atoms with van der Waals surface area (Å²) in [4.78, 5) is 62.2. The quantitative estimate of drug-likeness (QED) is 0.154. The lowest BCUT2D eigenvalue weighted by Gasteiger charge is -2.38. The second-order valence-electron chi connectivity index (χ2n) is 14.7. The van der Waals surface area contributed by atoms with Gasteiger partial charge in [0.15, 0.2) is 0 Å². The predicted molar refractivity (Wildman–Crippen MR) is 205 cm³/mol. The first kappa shape index (κ1) is 42.1. The summed E-state index contributed by atoms with van der Waals surface area (Å²) >= 11 is 1.44. The highest BCUT2D eigenvalue weighted by Gasteiger charge is 2.36. The van der Waals surface area contributed by atoms with Crippen LogP contribution in [0.5, 0.6) is 0 Å². The first-order valence-corrected chi connectivity index (χ1v) is 20.0. The van der Waals surface area contributed by atoms with Gasteiger partial charge >= 0.3 is 5.97 Å². The maximum Gasteiger partial charge on any atom is 0.308 e. The Kier molecular flexibility index (Phi) is 17.6. The van der Waals surface area contributed by atoms with Crippen LogP contribution in [0.2, 0.25) is 0 Å². The van der Waals surface area contributed by atoms with Gasteiger partial charge in [0.1, 0.15) is 11.7 Å². The molecule has 1 aliphatic heterocycles. The Morgan fingerprint density at radius 1 is 1.06 bits per heavy atom. The van der Waals surface area contributed by atoms with E-state index >= 15 is 0 Å². The highest BCUT2D eigenvalue weighted by Crippen LogP contribution is 2.23. The molecule has 1 aromatic carbocycles. The standard InChI is InChI=1S/C40H63N5O5S/c1-9-11-22-45-23-16-15-19-34(45)38(47)43-36(28(5)10-2)39(48)44(7)33(27(3)4)20-21-35-42-32(26-51-35)37(46)41-31(24-29(6)40(49)50-8)25-30-17-13-12-14-18-30/h12-14,17-18,26-29,31,33-34,36H,9-11,15-16,19-25H2,1-8H3,(H,41,46)(H,43,47)/t28-,29-,31+,33+,34+,36-/m0/s1. The molecule has 3 amide bonds. The number of likely N-dealkylation sites (N-methyl/N-ethyl adjacent to an activating group) is 1. The van der Waals surface area contributed by atoms with Gasteiger partial charge in [0.05, 0.1) is 24.1 Å². The molecular formula is C40H63N5O5S. The molecule has 6 atom stereocenters. The lowest BCUT2D eigenvalue weighted by atomic mass is 9.93. The number of carbonyl (C=O) groups excluding carboxylic acids is 4. The largest absolute Gasteiger partial charge is 0.469 e. The van der Waals surface area contributed by atoms with Crippen LogP contribution in [-0.2, 0) is 32.0 Å². The predicted octanol–water partition coefficient (Wildman–Crippen LogP) is 6.28. The van der Waals surface area contributed by atoms with Crippen LogP contribution in [0.1, 0.15) is 114 Å². The molecule has 0 bridgehead atoms. The van der Waals surface area contributed by atoms with E-state index in [1.165, 1.54) is 18.4 Å². The van der Waals surface area contributed by atoms with E-state index in [1.54, 1.807) is 5.38 Å². The molecule has 0 radical (unpaired) electrons. The van der Waals surface area contributed by atoms with Gasteiger partial charge in [0.2, 0.25) is 11.8 Å². The van der Waals surface area contributed by atoms with Gasteiger partial charge in [-0.1, -0.05) is 91.1 Å². The summed E-state index contributed by atoms with van der Waals surface area (Å²) in [5, 5.41) is 8.92. The van der Waals surface area contributed by atoms with E-state index in [2.05, 4.69) is 48.2 Å². The van der Waals surface area contributed by atoms with Gasteiger partial charge in [0.25, 0.3) is 5.91 Å². The highest BCUT2D eigenvalue weighted by molar-refractivity contribution is 7.09. The second-order valence-corrected chi connectivity index (χ2v) is 15.7. The third kappa shape index (κ3) is 12.7. The van der Waals surface area contributed by atoms with E-state index in [-0.39, 0.29) is 59.6 Å². The van der Waals surface area contributed by atoms with Crippen molar-refractivity contribution in [2.24, 2.45) is 17.8 Å². The van der Waals surface area contributed by atoms with Crippen LogP contribution in [0.3, 0.4) is 0 Å². The number of aromatic nitrogens is 1. The molecule has 0 spiro atoms. The Morgan fingerprint density at radius 2 is 1.78 bits per heavy atom. The van der Waals surface area contributed by atoms with Crippen LogP contribution in [0.25, 0.3) is 0 Å². The van der Waals surface area contributed by atoms with Crippen molar-refractivity contribution in [1.82, 2.24) is 25.4 Å². The molecule has 3 rings (SSSR count). The van der Waals surface area contributed by atoms with E-state index in [1.807, 2.05) is 56.1 Å². The third-order valence-corrected chi connectivity index (χ3v) is 11.4. The number of hydrogen-bond donors (Lipinski definition) is 2. The van der Waals surface area contributed by atoms with Crippen LogP contribution in [0.4, 0.5) is 0 Å². The number of rotatable bonds is 20. The summed E-state index contributed by atoms with van der Waals surface area (Å²) < 4.78 is 4.93. The van der Waals surface area contributed by atoms with Crippen LogP contribution in [-0.4, -0.2) is 89.9 Å². The molecule has 0 saturated carbocycles. The average molecular weight is 726 g/mol. The first-order valence-electron chi connectivity index (χ1n) is 19.1. The molecule has 1 saturated heterocycles. The summed E-state index contributed by atoms with van der Waals surface area (Å²) in [5.74, 6) is -0.877. The minimum Gasteiger partial charge on any atom is -0.469 e. The molecule has 1 aliphatic rings. The number of carbonyl (C=O) groups is 4. The number of aryl methyl sites for hydroxylation is 1. The molecule has 1 fully saturated rings. The summed E-state index contributed by atoms with van der Waals surface area (Å²) in [5.41, 5.74) is 1.41. The molecule has 2 aromatic rings. The zero-order valence-corrected chi connectivity index (χ0v) is 33.1. The molecule has 0 unspecified atom stereocenters. The number of benzene rings is 1. The van der Waals surface area contributed by atoms with Crippen molar-refractivity contribution < 1.29 is 23.9 Å². The van der Waals surface area contributed by atoms with Gasteiger partial charge in [-0.15, -0.1) is 11.3 Å². The Labute approximate surface area is 310 Å². The van der Waals surface area contributed by atoms with Gasteiger partial charge in [0, 0.05) is 30.9 Å². The normalized spacial score (nSPS) is 17.9. The van der Waals surface area contributed by atoms with E-state index < -0.39 is 6.04 Å². The SMILES string of the molecule is CCCCN1CCCC[C@@H]1C(=O)N[C@H](C(=O)N(C)[C@H](CCc1nc(C(=O)N[C@@H](Cc2ccccc2)C[C@H](C)C(=O)OC)cs1)C(C)C)[C@@H](C)CC. The summed E-state index contributed by atoms with van der Waals surface area (Å²) in [6.45, 7) is 14.1. The van der Waals surface area contributed by atoms with Crippen molar-refractivity contribution >= 4 is 35.0 Å². The monoisotopic (exact) mass is 725 g/mol. The maximum absolute atomic E-state index is 14.1. The minimum absolute atomic E-state index is 0.00856. The van der Waals surface area contributed by atoms with Crippen molar-refractivity contribution in [3.05, 3.63) is 52.0 Å². The Morgan fingerprint density at radius 3 is 2.43 bits per heavy atom. The molecule has 284 valence electrons. The van der Waals surface area contributed by atoms with Gasteiger partial charge in [-0.25, -0.2) is 4.98 Å². The zero-order valence-electron chi connectivity index (χ0n) is 32.3. The van der Waals surface area contributed by atoms with Crippen molar-refractivity contribution in [2.45, 2.75) is 130 Å². The second kappa shape index (κ2) is 21.3. The Balaban J connectivity index is 1.67. The topological polar surface area (TPSA) is 121 Å². The number of piperidine rings is 1. The van der Waals surface area contributed by atoms with Gasteiger partial charge in [-0.3, -0.25) is 24.1 Å². The third-order valence-electron chi connectivity index (χ3n) is 10.4. The number of methoxy groups -OCH3 is 1. The van der Waals surface area contributed by atoms with E-state index in [0.29, 0.717) is 31.4 Å². The van der Waals surface area contributed by atoms with Crippen molar-refractivity contribution in [3.63, 3.8) is 0 Å². The van der Waals surface area contributed by atoms with E-state index in [0.717, 1.165) is 62.2 Å². The van der Waals surface area contributed by atoms with Crippen LogP contribution in [0.15, 0.2) is 35.7 Å². The fraction of sp³-hybridized carbons (Fsp3) is 0.675. The number of nitrogens with zero attached hydrogens (tertiary/aromatic N) is 3. The summed E-state index contributed by atoms with van der Waals surface area (Å²) in [6.07, 6.45) is 8.20. The number of ether oxygens (including phenoxy) is 1. The Hall–Kier alpha value is -3.31. The molecule has 51 heavy (non-hydrogen) atoms. The molecular weight excluding hydrogens is 663 g/mol. The number of amides is 3.